The summed E-state index contributed by atoms with van der Waals surface area (Å²) in [4.78, 5) is 22.6. The highest BCUT2D eigenvalue weighted by molar-refractivity contribution is 7.10. The molecule has 162 valence electrons. The van der Waals surface area contributed by atoms with E-state index in [1.807, 2.05) is 18.3 Å². The minimum Gasteiger partial charge on any atom is -0.450 e. The quantitative estimate of drug-likeness (QED) is 0.546. The Morgan fingerprint density at radius 1 is 1.34 bits per heavy atom. The third-order valence-corrected chi connectivity index (χ3v) is 6.70. The molecule has 1 saturated heterocycles. The molecule has 1 amide bonds. The summed E-state index contributed by atoms with van der Waals surface area (Å²) >= 11 is 1.88. The molecule has 1 fully saturated rings. The molecular formula is C21H35N5O2S. The van der Waals surface area contributed by atoms with E-state index in [9.17, 15) is 4.79 Å². The third-order valence-electron chi connectivity index (χ3n) is 5.68. The van der Waals surface area contributed by atoms with Gasteiger partial charge in [0.05, 0.1) is 13.2 Å². The summed E-state index contributed by atoms with van der Waals surface area (Å²) in [5, 5.41) is 9.14. The van der Waals surface area contributed by atoms with Gasteiger partial charge in [-0.25, -0.2) is 4.79 Å². The maximum Gasteiger partial charge on any atom is 0.409 e. The SMILES string of the molecule is CCNC(=NCC(C)N1CCc2sccc2C1)NC1CCN(C(=O)OCC)CC1. The number of carbonyl (C=O) groups is 1. The summed E-state index contributed by atoms with van der Waals surface area (Å²) in [6.45, 7) is 11.8. The summed E-state index contributed by atoms with van der Waals surface area (Å²) in [7, 11) is 0. The summed E-state index contributed by atoms with van der Waals surface area (Å²) in [5.74, 6) is 0.877. The van der Waals surface area contributed by atoms with Crippen LogP contribution in [0.2, 0.25) is 0 Å². The van der Waals surface area contributed by atoms with Crippen molar-refractivity contribution in [1.82, 2.24) is 20.4 Å². The Bertz CT molecular complexity index is 684. The predicted molar refractivity (Wildman–Crippen MR) is 119 cm³/mol. The molecule has 0 radical (unpaired) electrons. The van der Waals surface area contributed by atoms with E-state index in [1.54, 1.807) is 9.78 Å². The molecule has 1 atom stereocenters. The molecule has 1 unspecified atom stereocenters. The molecule has 3 rings (SSSR count). The molecule has 0 aromatic carbocycles. The van der Waals surface area contributed by atoms with Gasteiger partial charge in [-0.15, -0.1) is 11.3 Å². The van der Waals surface area contributed by atoms with Crippen molar-refractivity contribution in [3.63, 3.8) is 0 Å². The Kier molecular flexibility index (Phi) is 8.18. The maximum atomic E-state index is 11.9. The first-order chi connectivity index (χ1) is 14.1. The van der Waals surface area contributed by atoms with Gasteiger partial charge >= 0.3 is 6.09 Å². The molecule has 0 aliphatic carbocycles. The Labute approximate surface area is 178 Å². The van der Waals surface area contributed by atoms with Crippen molar-refractivity contribution in [2.75, 3.05) is 39.3 Å². The van der Waals surface area contributed by atoms with Crippen molar-refractivity contribution in [1.29, 1.82) is 0 Å². The van der Waals surface area contributed by atoms with Crippen molar-refractivity contribution in [3.05, 3.63) is 21.9 Å². The highest BCUT2D eigenvalue weighted by Crippen LogP contribution is 2.25. The average molecular weight is 422 g/mol. The topological polar surface area (TPSA) is 69.2 Å². The molecule has 8 heteroatoms. The third kappa shape index (κ3) is 6.09. The van der Waals surface area contributed by atoms with Crippen LogP contribution >= 0.6 is 11.3 Å². The second-order valence-corrected chi connectivity index (χ2v) is 8.76. The highest BCUT2D eigenvalue weighted by atomic mass is 32.1. The minimum absolute atomic E-state index is 0.198. The van der Waals surface area contributed by atoms with E-state index in [0.717, 1.165) is 64.5 Å². The standard InChI is InChI=1S/C21H35N5O2S/c1-4-22-20(24-18-6-10-25(11-7-18)21(27)28-5-2)23-14-16(3)26-12-8-19-17(15-26)9-13-29-19/h9,13,16,18H,4-8,10-12,14-15H2,1-3H3,(H2,22,23,24). The number of guanidine groups is 1. The van der Waals surface area contributed by atoms with Gasteiger partial charge in [-0.2, -0.15) is 0 Å². The lowest BCUT2D eigenvalue weighted by Crippen LogP contribution is -2.50. The van der Waals surface area contributed by atoms with Crippen LogP contribution in [-0.4, -0.2) is 73.3 Å². The van der Waals surface area contributed by atoms with Crippen LogP contribution in [-0.2, 0) is 17.7 Å². The van der Waals surface area contributed by atoms with E-state index in [1.165, 1.54) is 5.56 Å². The first kappa shape index (κ1) is 21.9. The smallest absolute Gasteiger partial charge is 0.409 e. The molecule has 0 spiro atoms. The summed E-state index contributed by atoms with van der Waals surface area (Å²) in [6.07, 6.45) is 2.77. The van der Waals surface area contributed by atoms with Crippen molar-refractivity contribution in [3.8, 4) is 0 Å². The van der Waals surface area contributed by atoms with Gasteiger partial charge in [-0.3, -0.25) is 9.89 Å². The number of hydrogen-bond donors (Lipinski definition) is 2. The summed E-state index contributed by atoms with van der Waals surface area (Å²) in [6, 6.07) is 3.00. The number of fused-ring (bicyclic) bond motifs is 1. The van der Waals surface area contributed by atoms with E-state index >= 15 is 0 Å². The lowest BCUT2D eigenvalue weighted by atomic mass is 10.1. The Hall–Kier alpha value is -1.80. The molecule has 7 nitrogen and oxygen atoms in total. The number of nitrogens with one attached hydrogen (secondary N) is 2. The second kappa shape index (κ2) is 10.8. The highest BCUT2D eigenvalue weighted by Gasteiger charge is 2.25. The van der Waals surface area contributed by atoms with Crippen LogP contribution in [0, 0.1) is 0 Å². The lowest BCUT2D eigenvalue weighted by molar-refractivity contribution is 0.0963. The fourth-order valence-corrected chi connectivity index (χ4v) is 4.81. The summed E-state index contributed by atoms with van der Waals surface area (Å²) < 4.78 is 5.10. The van der Waals surface area contributed by atoms with Crippen LogP contribution in [0.15, 0.2) is 16.4 Å². The number of rotatable bonds is 6. The molecule has 29 heavy (non-hydrogen) atoms. The Morgan fingerprint density at radius 3 is 2.86 bits per heavy atom. The number of piperidine rings is 1. The van der Waals surface area contributed by atoms with Gasteiger partial charge in [0.1, 0.15) is 0 Å². The minimum atomic E-state index is -0.198. The summed E-state index contributed by atoms with van der Waals surface area (Å²) in [5.41, 5.74) is 1.48. The van der Waals surface area contributed by atoms with Gasteiger partial charge in [-0.1, -0.05) is 0 Å². The fraction of sp³-hybridized carbons (Fsp3) is 0.714. The monoisotopic (exact) mass is 421 g/mol. The zero-order chi connectivity index (χ0) is 20.6. The van der Waals surface area contributed by atoms with Crippen molar-refractivity contribution >= 4 is 23.4 Å². The number of carbonyl (C=O) groups excluding carboxylic acids is 1. The molecule has 1 aromatic heterocycles. The molecule has 1 aromatic rings. The molecule has 0 saturated carbocycles. The number of ether oxygens (including phenoxy) is 1. The Morgan fingerprint density at radius 2 is 2.14 bits per heavy atom. The molecular weight excluding hydrogens is 386 g/mol. The van der Waals surface area contributed by atoms with Gasteiger partial charge in [0.15, 0.2) is 5.96 Å². The van der Waals surface area contributed by atoms with Crippen LogP contribution in [0.1, 0.15) is 44.1 Å². The zero-order valence-electron chi connectivity index (χ0n) is 17.9. The van der Waals surface area contributed by atoms with Gasteiger partial charge in [0, 0.05) is 49.7 Å². The zero-order valence-corrected chi connectivity index (χ0v) is 18.8. The van der Waals surface area contributed by atoms with E-state index in [4.69, 9.17) is 9.73 Å². The van der Waals surface area contributed by atoms with Crippen LogP contribution in [0.3, 0.4) is 0 Å². The van der Waals surface area contributed by atoms with Gasteiger partial charge < -0.3 is 20.3 Å². The molecule has 2 N–H and O–H groups in total. The molecule has 2 aliphatic heterocycles. The van der Waals surface area contributed by atoms with Crippen molar-refractivity contribution in [2.45, 2.75) is 58.7 Å². The number of thiophene rings is 1. The number of likely N-dealkylation sites (tertiary alicyclic amines) is 1. The predicted octanol–water partition coefficient (Wildman–Crippen LogP) is 2.67. The van der Waals surface area contributed by atoms with Gasteiger partial charge in [0.25, 0.3) is 0 Å². The van der Waals surface area contributed by atoms with E-state index in [0.29, 0.717) is 18.7 Å². The van der Waals surface area contributed by atoms with Crippen LogP contribution in [0.25, 0.3) is 0 Å². The largest absolute Gasteiger partial charge is 0.450 e. The van der Waals surface area contributed by atoms with E-state index in [2.05, 4.69) is 40.8 Å². The van der Waals surface area contributed by atoms with E-state index in [-0.39, 0.29) is 6.09 Å². The Balaban J connectivity index is 1.48. The first-order valence-corrected chi connectivity index (χ1v) is 11.7. The van der Waals surface area contributed by atoms with Crippen LogP contribution in [0.5, 0.6) is 0 Å². The normalized spacial score (nSPS) is 19.6. The molecule has 0 bridgehead atoms. The van der Waals surface area contributed by atoms with Gasteiger partial charge in [-0.05, 0) is 57.0 Å². The number of nitrogens with zero attached hydrogens (tertiary/aromatic N) is 3. The van der Waals surface area contributed by atoms with Crippen LogP contribution < -0.4 is 10.6 Å². The molecule has 3 heterocycles. The van der Waals surface area contributed by atoms with Crippen molar-refractivity contribution < 1.29 is 9.53 Å². The van der Waals surface area contributed by atoms with E-state index < -0.39 is 0 Å². The van der Waals surface area contributed by atoms with Gasteiger partial charge in [0.2, 0.25) is 0 Å². The second-order valence-electron chi connectivity index (χ2n) is 7.76. The van der Waals surface area contributed by atoms with Crippen LogP contribution in [0.4, 0.5) is 4.79 Å². The average Bonchev–Trinajstić information content (AvgIpc) is 3.20. The maximum absolute atomic E-state index is 11.9. The molecule has 2 aliphatic rings. The lowest BCUT2D eigenvalue weighted by Gasteiger charge is -2.33. The number of hydrogen-bond acceptors (Lipinski definition) is 5. The number of aliphatic imine (C=N–C) groups is 1. The fourth-order valence-electron chi connectivity index (χ4n) is 3.92. The number of amides is 1. The van der Waals surface area contributed by atoms with Crippen molar-refractivity contribution in [2.24, 2.45) is 4.99 Å². The first-order valence-electron chi connectivity index (χ1n) is 10.9.